The van der Waals surface area contributed by atoms with Gasteiger partial charge in [-0.1, -0.05) is 20.8 Å². The molecule has 0 aromatic heterocycles. The zero-order valence-corrected chi connectivity index (χ0v) is 11.8. The molecule has 2 bridgehead atoms. The third kappa shape index (κ3) is 1.49. The van der Waals surface area contributed by atoms with Gasteiger partial charge in [0.25, 0.3) is 0 Å². The highest BCUT2D eigenvalue weighted by Gasteiger charge is 2.64. The van der Waals surface area contributed by atoms with E-state index in [1.807, 2.05) is 0 Å². The van der Waals surface area contributed by atoms with E-state index >= 15 is 0 Å². The minimum Gasteiger partial charge on any atom is -0.378 e. The maximum Gasteiger partial charge on any atom is 0.167 e. The van der Waals surface area contributed by atoms with Gasteiger partial charge < -0.3 is 4.90 Å². The molecule has 2 fully saturated rings. The zero-order valence-electron chi connectivity index (χ0n) is 11.8. The SMILES string of the molecule is CCN(/C=C1\C(=O)[C@]2(C)CC[C@@H]1C2(C)C)CC. The zero-order chi connectivity index (χ0) is 12.8. The molecular formula is C15H25NO. The molecule has 0 spiro atoms. The molecule has 0 saturated heterocycles. The molecule has 0 unspecified atom stereocenters. The molecule has 2 heteroatoms. The highest BCUT2D eigenvalue weighted by Crippen LogP contribution is 2.65. The molecular weight excluding hydrogens is 210 g/mol. The molecule has 2 nitrogen and oxygen atoms in total. The van der Waals surface area contributed by atoms with E-state index in [-0.39, 0.29) is 10.8 Å². The van der Waals surface area contributed by atoms with Gasteiger partial charge in [-0.05, 0) is 38.0 Å². The van der Waals surface area contributed by atoms with Crippen molar-refractivity contribution < 1.29 is 4.79 Å². The Balaban J connectivity index is 2.38. The Labute approximate surface area is 105 Å². The van der Waals surface area contributed by atoms with Crippen LogP contribution in [0, 0.1) is 16.7 Å². The molecule has 96 valence electrons. The second-order valence-electron chi connectivity index (χ2n) is 6.28. The Morgan fingerprint density at radius 2 is 1.88 bits per heavy atom. The summed E-state index contributed by atoms with van der Waals surface area (Å²) in [6.45, 7) is 13.0. The van der Waals surface area contributed by atoms with Gasteiger partial charge >= 0.3 is 0 Å². The van der Waals surface area contributed by atoms with Crippen LogP contribution in [0.3, 0.4) is 0 Å². The van der Waals surface area contributed by atoms with Crippen molar-refractivity contribution in [1.82, 2.24) is 4.90 Å². The summed E-state index contributed by atoms with van der Waals surface area (Å²) in [4.78, 5) is 14.8. The number of carbonyl (C=O) groups excluding carboxylic acids is 1. The minimum atomic E-state index is -0.114. The number of nitrogens with zero attached hydrogens (tertiary/aromatic N) is 1. The molecule has 2 aliphatic rings. The first-order valence-corrected chi connectivity index (χ1v) is 6.89. The fraction of sp³-hybridized carbons (Fsp3) is 0.800. The van der Waals surface area contributed by atoms with Gasteiger partial charge in [0.2, 0.25) is 0 Å². The first-order chi connectivity index (χ1) is 7.88. The van der Waals surface area contributed by atoms with Gasteiger partial charge in [-0.3, -0.25) is 4.79 Å². The molecule has 0 amide bonds. The van der Waals surface area contributed by atoms with Crippen LogP contribution in [0.5, 0.6) is 0 Å². The Morgan fingerprint density at radius 1 is 1.29 bits per heavy atom. The lowest BCUT2D eigenvalue weighted by Crippen LogP contribution is -2.32. The molecule has 0 N–H and O–H groups in total. The van der Waals surface area contributed by atoms with Crippen molar-refractivity contribution in [2.24, 2.45) is 16.7 Å². The molecule has 17 heavy (non-hydrogen) atoms. The summed E-state index contributed by atoms with van der Waals surface area (Å²) in [6, 6.07) is 0. The number of allylic oxidation sites excluding steroid dienone is 1. The second kappa shape index (κ2) is 3.86. The quantitative estimate of drug-likeness (QED) is 0.700. The molecule has 2 saturated carbocycles. The van der Waals surface area contributed by atoms with Crippen LogP contribution in [0.4, 0.5) is 0 Å². The fourth-order valence-electron chi connectivity index (χ4n) is 3.68. The summed E-state index contributed by atoms with van der Waals surface area (Å²) < 4.78 is 0. The predicted octanol–water partition coefficient (Wildman–Crippen LogP) is 3.24. The third-order valence-electron chi connectivity index (χ3n) is 5.50. The number of hydrogen-bond acceptors (Lipinski definition) is 2. The van der Waals surface area contributed by atoms with Gasteiger partial charge in [0.05, 0.1) is 0 Å². The van der Waals surface area contributed by atoms with Gasteiger partial charge in [0.15, 0.2) is 5.78 Å². The van der Waals surface area contributed by atoms with Crippen molar-refractivity contribution in [3.63, 3.8) is 0 Å². The summed E-state index contributed by atoms with van der Waals surface area (Å²) in [5.41, 5.74) is 1.12. The highest BCUT2D eigenvalue weighted by atomic mass is 16.1. The topological polar surface area (TPSA) is 20.3 Å². The van der Waals surface area contributed by atoms with Crippen LogP contribution in [0.1, 0.15) is 47.5 Å². The number of rotatable bonds is 3. The van der Waals surface area contributed by atoms with Crippen molar-refractivity contribution in [2.45, 2.75) is 47.5 Å². The summed E-state index contributed by atoms with van der Waals surface area (Å²) in [6.07, 6.45) is 4.39. The molecule has 2 rings (SSSR count). The maximum absolute atomic E-state index is 12.6. The van der Waals surface area contributed by atoms with E-state index in [1.54, 1.807) is 0 Å². The maximum atomic E-state index is 12.6. The van der Waals surface area contributed by atoms with Crippen molar-refractivity contribution >= 4 is 5.78 Å². The normalized spacial score (nSPS) is 36.9. The van der Waals surface area contributed by atoms with Crippen LogP contribution >= 0.6 is 0 Å². The Kier molecular flexibility index (Phi) is 2.87. The average molecular weight is 235 g/mol. The molecule has 0 aromatic carbocycles. The van der Waals surface area contributed by atoms with Gasteiger partial charge in [-0.15, -0.1) is 0 Å². The third-order valence-corrected chi connectivity index (χ3v) is 5.50. The van der Waals surface area contributed by atoms with E-state index in [1.165, 1.54) is 6.42 Å². The molecule has 2 atom stereocenters. The predicted molar refractivity (Wildman–Crippen MR) is 70.6 cm³/mol. The first kappa shape index (κ1) is 12.7. The molecule has 0 radical (unpaired) electrons. The van der Waals surface area contributed by atoms with E-state index in [2.05, 4.69) is 45.7 Å². The van der Waals surface area contributed by atoms with Crippen LogP contribution in [0.2, 0.25) is 0 Å². The lowest BCUT2D eigenvalue weighted by atomic mass is 9.70. The first-order valence-electron chi connectivity index (χ1n) is 6.89. The number of Topliss-reactive ketones (excluding diaryl/α,β-unsaturated/α-hetero) is 1. The summed E-state index contributed by atoms with van der Waals surface area (Å²) in [7, 11) is 0. The van der Waals surface area contributed by atoms with Crippen molar-refractivity contribution in [1.29, 1.82) is 0 Å². The van der Waals surface area contributed by atoms with E-state index in [4.69, 9.17) is 0 Å². The Hall–Kier alpha value is -0.790. The number of carbonyl (C=O) groups is 1. The van der Waals surface area contributed by atoms with E-state index < -0.39 is 0 Å². The molecule has 0 aromatic rings. The number of hydrogen-bond donors (Lipinski definition) is 0. The van der Waals surface area contributed by atoms with Gasteiger partial charge in [-0.2, -0.15) is 0 Å². The smallest absolute Gasteiger partial charge is 0.167 e. The Morgan fingerprint density at radius 3 is 2.29 bits per heavy atom. The lowest BCUT2D eigenvalue weighted by molar-refractivity contribution is -0.125. The molecule has 0 aliphatic heterocycles. The molecule has 2 aliphatic carbocycles. The molecule has 0 heterocycles. The van der Waals surface area contributed by atoms with Gasteiger partial charge in [-0.25, -0.2) is 0 Å². The largest absolute Gasteiger partial charge is 0.378 e. The van der Waals surface area contributed by atoms with Crippen molar-refractivity contribution in [2.75, 3.05) is 13.1 Å². The minimum absolute atomic E-state index is 0.114. The number of fused-ring (bicyclic) bond motifs is 2. The van der Waals surface area contributed by atoms with Crippen LogP contribution in [0.15, 0.2) is 11.8 Å². The van der Waals surface area contributed by atoms with E-state index in [9.17, 15) is 4.79 Å². The van der Waals surface area contributed by atoms with Crippen LogP contribution in [0.25, 0.3) is 0 Å². The van der Waals surface area contributed by atoms with Crippen molar-refractivity contribution in [3.05, 3.63) is 11.8 Å². The summed E-state index contributed by atoms with van der Waals surface area (Å²) in [5, 5.41) is 0. The monoisotopic (exact) mass is 235 g/mol. The summed E-state index contributed by atoms with van der Waals surface area (Å²) in [5.74, 6) is 0.881. The van der Waals surface area contributed by atoms with Crippen LogP contribution in [-0.2, 0) is 4.79 Å². The Bertz CT molecular complexity index is 365. The van der Waals surface area contributed by atoms with Gasteiger partial charge in [0.1, 0.15) is 0 Å². The van der Waals surface area contributed by atoms with Crippen LogP contribution < -0.4 is 0 Å². The second-order valence-corrected chi connectivity index (χ2v) is 6.28. The lowest BCUT2D eigenvalue weighted by Gasteiger charge is -2.31. The van der Waals surface area contributed by atoms with E-state index in [0.717, 1.165) is 25.1 Å². The van der Waals surface area contributed by atoms with Gasteiger partial charge in [0, 0.05) is 30.3 Å². The summed E-state index contributed by atoms with van der Waals surface area (Å²) >= 11 is 0. The standard InChI is InChI=1S/C15H25NO/c1-6-16(7-2)10-11-12-8-9-15(5,13(11)17)14(12,3)4/h10,12H,6-9H2,1-5H3/b11-10-/t12-,15-/m0/s1. The van der Waals surface area contributed by atoms with E-state index in [0.29, 0.717) is 11.7 Å². The average Bonchev–Trinajstić information content (AvgIpc) is 2.59. The number of ketones is 1. The fourth-order valence-corrected chi connectivity index (χ4v) is 3.68. The van der Waals surface area contributed by atoms with Crippen molar-refractivity contribution in [3.8, 4) is 0 Å². The highest BCUT2D eigenvalue weighted by molar-refractivity contribution is 6.04. The van der Waals surface area contributed by atoms with Crippen LogP contribution in [-0.4, -0.2) is 23.8 Å².